The molecule has 0 saturated heterocycles. The Morgan fingerprint density at radius 3 is 1.55 bits per heavy atom. The van der Waals surface area contributed by atoms with E-state index in [1.165, 1.54) is 96.3 Å². The van der Waals surface area contributed by atoms with E-state index in [4.69, 9.17) is 4.52 Å². The van der Waals surface area contributed by atoms with Crippen LogP contribution in [0.25, 0.3) is 0 Å². The average Bonchev–Trinajstić information content (AvgIpc) is 2.75. The van der Waals surface area contributed by atoms with Gasteiger partial charge in [-0.1, -0.05) is 103 Å². The zero-order chi connectivity index (χ0) is 24.8. The number of nitrogens with zero attached hydrogens (tertiary/aromatic N) is 1. The van der Waals surface area contributed by atoms with Gasteiger partial charge < -0.3 is 13.9 Å². The maximum atomic E-state index is 12.7. The minimum Gasteiger partial charge on any atom is -0.320 e. The molecule has 0 bridgehead atoms. The van der Waals surface area contributed by atoms with Crippen LogP contribution in [0.5, 0.6) is 0 Å². The summed E-state index contributed by atoms with van der Waals surface area (Å²) in [7, 11) is 2.35. The van der Waals surface area contributed by atoms with Crippen molar-refractivity contribution in [1.82, 2.24) is 0 Å². The van der Waals surface area contributed by atoms with Gasteiger partial charge in [-0.15, -0.1) is 0 Å². The van der Waals surface area contributed by atoms with Gasteiger partial charge in [0, 0.05) is 6.42 Å². The summed E-state index contributed by atoms with van der Waals surface area (Å²) in [6, 6.07) is 0. The van der Waals surface area contributed by atoms with Crippen LogP contribution < -0.4 is 0 Å². The van der Waals surface area contributed by atoms with Crippen LogP contribution in [-0.4, -0.2) is 42.9 Å². The SMILES string of the molecule is CCCCCCC/C=C\CCCCCCCCCCCCOP(=O)(O)C(CCC)[N+](C)(C)C. The Bertz CT molecular complexity index is 502. The van der Waals surface area contributed by atoms with Crippen molar-refractivity contribution in [3.63, 3.8) is 0 Å². The number of hydrogen-bond donors (Lipinski definition) is 1. The molecule has 1 N–H and O–H groups in total. The van der Waals surface area contributed by atoms with E-state index in [0.717, 1.165) is 19.3 Å². The Balaban J connectivity index is 3.50. The molecule has 2 unspecified atom stereocenters. The van der Waals surface area contributed by atoms with Gasteiger partial charge in [-0.3, -0.25) is 4.57 Å². The molecular weight excluding hydrogens is 429 g/mol. The lowest BCUT2D eigenvalue weighted by molar-refractivity contribution is -0.883. The summed E-state index contributed by atoms with van der Waals surface area (Å²) in [5.41, 5.74) is 0. The lowest BCUT2D eigenvalue weighted by atomic mass is 10.1. The normalized spacial score (nSPS) is 15.2. The molecular formula is C28H59NO3P+. The zero-order valence-corrected chi connectivity index (χ0v) is 23.9. The second kappa shape index (κ2) is 21.2. The van der Waals surface area contributed by atoms with Crippen LogP contribution >= 0.6 is 7.60 Å². The summed E-state index contributed by atoms with van der Waals surface area (Å²) in [4.78, 5) is 10.4. The van der Waals surface area contributed by atoms with Gasteiger partial charge in [-0.25, -0.2) is 0 Å². The second-order valence-electron chi connectivity index (χ2n) is 10.8. The Morgan fingerprint density at radius 1 is 0.697 bits per heavy atom. The monoisotopic (exact) mass is 488 g/mol. The largest absolute Gasteiger partial charge is 0.385 e. The maximum Gasteiger partial charge on any atom is 0.385 e. The molecule has 0 rings (SSSR count). The predicted octanol–water partition coefficient (Wildman–Crippen LogP) is 9.23. The molecule has 0 saturated carbocycles. The van der Waals surface area contributed by atoms with E-state index >= 15 is 0 Å². The summed E-state index contributed by atoms with van der Waals surface area (Å²) in [5.74, 6) is -0.334. The van der Waals surface area contributed by atoms with Gasteiger partial charge in [0.2, 0.25) is 0 Å². The van der Waals surface area contributed by atoms with Crippen LogP contribution in [-0.2, 0) is 9.09 Å². The van der Waals surface area contributed by atoms with Gasteiger partial charge in [0.1, 0.15) is 0 Å². The van der Waals surface area contributed by atoms with Crippen molar-refractivity contribution >= 4 is 7.60 Å². The van der Waals surface area contributed by atoms with Crippen LogP contribution in [0.15, 0.2) is 12.2 Å². The van der Waals surface area contributed by atoms with Gasteiger partial charge in [-0.2, -0.15) is 0 Å². The van der Waals surface area contributed by atoms with Crippen LogP contribution in [0.3, 0.4) is 0 Å². The van der Waals surface area contributed by atoms with E-state index in [1.54, 1.807) is 0 Å². The summed E-state index contributed by atoms with van der Waals surface area (Å²) >= 11 is 0. The molecule has 0 radical (unpaired) electrons. The Labute approximate surface area is 207 Å². The lowest BCUT2D eigenvalue weighted by Crippen LogP contribution is -2.45. The lowest BCUT2D eigenvalue weighted by Gasteiger charge is -2.35. The maximum absolute atomic E-state index is 12.7. The fourth-order valence-corrected chi connectivity index (χ4v) is 6.43. The Hall–Kier alpha value is -0.150. The van der Waals surface area contributed by atoms with Crippen molar-refractivity contribution in [2.24, 2.45) is 0 Å². The topological polar surface area (TPSA) is 46.5 Å². The molecule has 0 heterocycles. The molecule has 0 aromatic heterocycles. The van der Waals surface area contributed by atoms with Crippen molar-refractivity contribution in [1.29, 1.82) is 0 Å². The number of hydrogen-bond acceptors (Lipinski definition) is 2. The van der Waals surface area contributed by atoms with Crippen LogP contribution in [0.1, 0.15) is 136 Å². The average molecular weight is 489 g/mol. The molecule has 0 aliphatic rings. The molecule has 0 amide bonds. The van der Waals surface area contributed by atoms with Crippen molar-refractivity contribution < 1.29 is 18.5 Å². The summed E-state index contributed by atoms with van der Waals surface area (Å²) in [5, 5.41) is 0. The van der Waals surface area contributed by atoms with Gasteiger partial charge in [-0.05, 0) is 38.5 Å². The first-order valence-electron chi connectivity index (χ1n) is 14.2. The highest BCUT2D eigenvalue weighted by Crippen LogP contribution is 2.51. The third-order valence-corrected chi connectivity index (χ3v) is 8.76. The minimum absolute atomic E-state index is 0.334. The van der Waals surface area contributed by atoms with E-state index in [1.807, 2.05) is 21.1 Å². The van der Waals surface area contributed by atoms with Crippen molar-refractivity contribution in [2.75, 3.05) is 27.7 Å². The Morgan fingerprint density at radius 2 is 1.12 bits per heavy atom. The van der Waals surface area contributed by atoms with Gasteiger partial charge >= 0.3 is 7.60 Å². The number of quaternary nitrogens is 1. The van der Waals surface area contributed by atoms with Crippen molar-refractivity contribution in [3.8, 4) is 0 Å². The number of allylic oxidation sites excluding steroid dienone is 2. The minimum atomic E-state index is -3.57. The van der Waals surface area contributed by atoms with E-state index in [0.29, 0.717) is 17.5 Å². The molecule has 2 atom stereocenters. The first-order chi connectivity index (χ1) is 15.8. The number of rotatable bonds is 24. The van der Waals surface area contributed by atoms with Crippen LogP contribution in [0.4, 0.5) is 0 Å². The molecule has 0 aliphatic carbocycles. The molecule has 0 aromatic carbocycles. The van der Waals surface area contributed by atoms with Crippen LogP contribution in [0, 0.1) is 0 Å². The fraction of sp³-hybridized carbons (Fsp3) is 0.929. The van der Waals surface area contributed by atoms with Gasteiger partial charge in [0.15, 0.2) is 5.78 Å². The molecule has 0 fully saturated rings. The molecule has 0 aliphatic heterocycles. The highest BCUT2D eigenvalue weighted by atomic mass is 31.2. The first-order valence-corrected chi connectivity index (χ1v) is 15.8. The third kappa shape index (κ3) is 19.8. The molecule has 4 nitrogen and oxygen atoms in total. The standard InChI is InChI=1S/C28H58NO3P/c1-6-8-9-10-11-12-13-14-15-16-17-18-19-20-21-22-23-24-25-27-32-33(30,31)28(26-7-2)29(3,4)5/h13-14,28H,6-12,15-27H2,1-5H3/p+1/b14-13-. The molecule has 33 heavy (non-hydrogen) atoms. The Kier molecular flexibility index (Phi) is 21.1. The smallest absolute Gasteiger partial charge is 0.320 e. The molecule has 198 valence electrons. The van der Waals surface area contributed by atoms with Gasteiger partial charge in [0.25, 0.3) is 0 Å². The van der Waals surface area contributed by atoms with E-state index in [9.17, 15) is 9.46 Å². The van der Waals surface area contributed by atoms with E-state index in [-0.39, 0.29) is 5.78 Å². The zero-order valence-electron chi connectivity index (χ0n) is 23.0. The van der Waals surface area contributed by atoms with Crippen molar-refractivity contribution in [2.45, 2.75) is 142 Å². The summed E-state index contributed by atoms with van der Waals surface area (Å²) in [6.07, 6.45) is 28.4. The van der Waals surface area contributed by atoms with Crippen LogP contribution in [0.2, 0.25) is 0 Å². The quantitative estimate of drug-likeness (QED) is 0.0637. The highest BCUT2D eigenvalue weighted by Gasteiger charge is 2.41. The first kappa shape index (κ1) is 32.8. The number of unbranched alkanes of at least 4 members (excludes halogenated alkanes) is 15. The third-order valence-electron chi connectivity index (χ3n) is 6.50. The summed E-state index contributed by atoms with van der Waals surface area (Å²) in [6.45, 7) is 4.73. The molecule has 0 aromatic rings. The molecule has 5 heteroatoms. The fourth-order valence-electron chi connectivity index (χ4n) is 4.41. The predicted molar refractivity (Wildman–Crippen MR) is 146 cm³/mol. The summed E-state index contributed by atoms with van der Waals surface area (Å²) < 4.78 is 18.6. The molecule has 0 spiro atoms. The van der Waals surface area contributed by atoms with E-state index in [2.05, 4.69) is 26.0 Å². The van der Waals surface area contributed by atoms with Crippen molar-refractivity contribution in [3.05, 3.63) is 12.2 Å². The second-order valence-corrected chi connectivity index (χ2v) is 12.8. The van der Waals surface area contributed by atoms with Gasteiger partial charge in [0.05, 0.1) is 27.7 Å². The van der Waals surface area contributed by atoms with E-state index < -0.39 is 7.60 Å². The highest BCUT2D eigenvalue weighted by molar-refractivity contribution is 7.53.